The number of methoxy groups -OCH3 is 1. The monoisotopic (exact) mass is 278 g/mol. The van der Waals surface area contributed by atoms with Crippen molar-refractivity contribution in [1.82, 2.24) is 4.90 Å². The molecule has 1 fully saturated rings. The number of likely N-dealkylation sites (tertiary alicyclic amines) is 1. The Labute approximate surface area is 119 Å². The lowest BCUT2D eigenvalue weighted by Crippen LogP contribution is -2.51. The first-order chi connectivity index (χ1) is 9.58. The Morgan fingerprint density at radius 1 is 1.55 bits per heavy atom. The van der Waals surface area contributed by atoms with Crippen molar-refractivity contribution in [3.63, 3.8) is 0 Å². The number of hydrogen-bond donors (Lipinski definition) is 2. The second-order valence-corrected chi connectivity index (χ2v) is 5.31. The molecule has 2 rings (SSSR count). The number of piperidine rings is 1. The van der Waals surface area contributed by atoms with Crippen LogP contribution in [-0.4, -0.2) is 42.2 Å². The molecular formula is C15H22N2O3. The number of nitrogens with two attached hydrogens (primary N) is 1. The molecule has 1 aromatic rings. The minimum Gasteiger partial charge on any atom is -0.504 e. The molecule has 5 nitrogen and oxygen atoms in total. The van der Waals surface area contributed by atoms with Crippen molar-refractivity contribution in [1.29, 1.82) is 0 Å². The highest BCUT2D eigenvalue weighted by Crippen LogP contribution is 2.29. The molecule has 3 N–H and O–H groups in total. The van der Waals surface area contributed by atoms with Crippen molar-refractivity contribution >= 4 is 5.91 Å². The molecule has 1 saturated heterocycles. The van der Waals surface area contributed by atoms with Crippen LogP contribution in [0, 0.1) is 5.92 Å². The summed E-state index contributed by atoms with van der Waals surface area (Å²) in [5, 5.41) is 9.79. The smallest absolute Gasteiger partial charge is 0.254 e. The Morgan fingerprint density at radius 2 is 2.30 bits per heavy atom. The summed E-state index contributed by atoms with van der Waals surface area (Å²) in [5.74, 6) is 0.672. The molecule has 2 unspecified atom stereocenters. The van der Waals surface area contributed by atoms with Crippen LogP contribution in [0.25, 0.3) is 0 Å². The predicted octanol–water partition coefficient (Wildman–Crippen LogP) is 1.60. The SMILES string of the molecule is COc1ccc(C(=O)N2CCCC(C)C2CN)cc1O. The van der Waals surface area contributed by atoms with Gasteiger partial charge in [0.1, 0.15) is 0 Å². The fourth-order valence-electron chi connectivity index (χ4n) is 2.85. The number of carbonyl (C=O) groups is 1. The van der Waals surface area contributed by atoms with E-state index in [-0.39, 0.29) is 17.7 Å². The maximum absolute atomic E-state index is 12.6. The van der Waals surface area contributed by atoms with Gasteiger partial charge in [-0.3, -0.25) is 4.79 Å². The molecule has 1 aliphatic rings. The number of nitrogens with zero attached hydrogens (tertiary/aromatic N) is 1. The van der Waals surface area contributed by atoms with Gasteiger partial charge < -0.3 is 20.5 Å². The molecular weight excluding hydrogens is 256 g/mol. The van der Waals surface area contributed by atoms with Crippen molar-refractivity contribution < 1.29 is 14.6 Å². The summed E-state index contributed by atoms with van der Waals surface area (Å²) < 4.78 is 4.99. The number of carbonyl (C=O) groups excluding carboxylic acids is 1. The Morgan fingerprint density at radius 3 is 2.90 bits per heavy atom. The third-order valence-electron chi connectivity index (χ3n) is 4.04. The number of benzene rings is 1. The van der Waals surface area contributed by atoms with Gasteiger partial charge in [0.2, 0.25) is 0 Å². The van der Waals surface area contributed by atoms with E-state index in [2.05, 4.69) is 6.92 Å². The van der Waals surface area contributed by atoms with Gasteiger partial charge >= 0.3 is 0 Å². The van der Waals surface area contributed by atoms with Crippen molar-refractivity contribution in [3.8, 4) is 11.5 Å². The van der Waals surface area contributed by atoms with Gasteiger partial charge in [0.15, 0.2) is 11.5 Å². The van der Waals surface area contributed by atoms with Gasteiger partial charge in [-0.2, -0.15) is 0 Å². The second kappa shape index (κ2) is 6.13. The Hall–Kier alpha value is -1.75. The topological polar surface area (TPSA) is 75.8 Å². The summed E-state index contributed by atoms with van der Waals surface area (Å²) in [6.07, 6.45) is 2.09. The minimum atomic E-state index is -0.0787. The summed E-state index contributed by atoms with van der Waals surface area (Å²) in [4.78, 5) is 14.4. The third-order valence-corrected chi connectivity index (χ3v) is 4.04. The van der Waals surface area contributed by atoms with E-state index >= 15 is 0 Å². The maximum atomic E-state index is 12.6. The lowest BCUT2D eigenvalue weighted by atomic mass is 9.90. The Bertz CT molecular complexity index is 490. The molecule has 20 heavy (non-hydrogen) atoms. The van der Waals surface area contributed by atoms with Gasteiger partial charge in [0, 0.05) is 24.7 Å². The number of phenolic OH excluding ortho intramolecular Hbond substituents is 1. The van der Waals surface area contributed by atoms with Gasteiger partial charge in [-0.25, -0.2) is 0 Å². The van der Waals surface area contributed by atoms with E-state index < -0.39 is 0 Å². The standard InChI is InChI=1S/C15H22N2O3/c1-10-4-3-7-17(12(10)9-16)15(19)11-5-6-14(20-2)13(18)8-11/h5-6,8,10,12,18H,3-4,7,9,16H2,1-2H3. The maximum Gasteiger partial charge on any atom is 0.254 e. The van der Waals surface area contributed by atoms with Crippen LogP contribution < -0.4 is 10.5 Å². The zero-order valence-electron chi connectivity index (χ0n) is 12.0. The van der Waals surface area contributed by atoms with E-state index in [1.165, 1.54) is 13.2 Å². The molecule has 110 valence electrons. The van der Waals surface area contributed by atoms with Crippen molar-refractivity contribution in [2.24, 2.45) is 11.7 Å². The minimum absolute atomic E-state index is 0.0206. The molecule has 1 aromatic carbocycles. The van der Waals surface area contributed by atoms with Gasteiger partial charge in [0.05, 0.1) is 7.11 Å². The summed E-state index contributed by atoms with van der Waals surface area (Å²) >= 11 is 0. The number of rotatable bonds is 3. The van der Waals surface area contributed by atoms with Crippen molar-refractivity contribution in [2.45, 2.75) is 25.8 Å². The lowest BCUT2D eigenvalue weighted by molar-refractivity contribution is 0.0532. The fraction of sp³-hybridized carbons (Fsp3) is 0.533. The normalized spacial score (nSPS) is 22.6. The number of hydrogen-bond acceptors (Lipinski definition) is 4. The molecule has 0 aliphatic carbocycles. The van der Waals surface area contributed by atoms with Crippen LogP contribution in [0.2, 0.25) is 0 Å². The number of aromatic hydroxyl groups is 1. The van der Waals surface area contributed by atoms with Crippen LogP contribution >= 0.6 is 0 Å². The highest BCUT2D eigenvalue weighted by atomic mass is 16.5. The summed E-state index contributed by atoms with van der Waals surface area (Å²) in [6, 6.07) is 4.80. The quantitative estimate of drug-likeness (QED) is 0.880. The van der Waals surface area contributed by atoms with Crippen LogP contribution in [0.1, 0.15) is 30.1 Å². The Balaban J connectivity index is 2.23. The predicted molar refractivity (Wildman–Crippen MR) is 76.9 cm³/mol. The van der Waals surface area contributed by atoms with E-state index in [1.54, 1.807) is 12.1 Å². The molecule has 0 saturated carbocycles. The molecule has 5 heteroatoms. The molecule has 0 spiro atoms. The van der Waals surface area contributed by atoms with Gasteiger partial charge in [-0.1, -0.05) is 6.92 Å². The highest BCUT2D eigenvalue weighted by Gasteiger charge is 2.31. The number of amides is 1. The van der Waals surface area contributed by atoms with Gasteiger partial charge in [0.25, 0.3) is 5.91 Å². The first kappa shape index (κ1) is 14.7. The van der Waals surface area contributed by atoms with Gasteiger partial charge in [-0.05, 0) is 37.0 Å². The summed E-state index contributed by atoms with van der Waals surface area (Å²) in [5.41, 5.74) is 6.28. The highest BCUT2D eigenvalue weighted by molar-refractivity contribution is 5.95. The molecule has 2 atom stereocenters. The summed E-state index contributed by atoms with van der Waals surface area (Å²) in [7, 11) is 1.48. The molecule has 0 bridgehead atoms. The molecule has 1 aliphatic heterocycles. The number of phenols is 1. The second-order valence-electron chi connectivity index (χ2n) is 5.31. The zero-order chi connectivity index (χ0) is 14.7. The van der Waals surface area contributed by atoms with E-state index in [1.807, 2.05) is 4.90 Å². The first-order valence-corrected chi connectivity index (χ1v) is 6.96. The Kier molecular flexibility index (Phi) is 4.49. The molecule has 0 radical (unpaired) electrons. The lowest BCUT2D eigenvalue weighted by Gasteiger charge is -2.39. The van der Waals surface area contributed by atoms with Crippen LogP contribution in [-0.2, 0) is 0 Å². The van der Waals surface area contributed by atoms with Crippen molar-refractivity contribution in [2.75, 3.05) is 20.2 Å². The molecule has 1 amide bonds. The van der Waals surface area contributed by atoms with E-state index in [4.69, 9.17) is 10.5 Å². The van der Waals surface area contributed by atoms with Gasteiger partial charge in [-0.15, -0.1) is 0 Å². The third kappa shape index (κ3) is 2.72. The average Bonchev–Trinajstić information content (AvgIpc) is 2.46. The average molecular weight is 278 g/mol. The molecule has 0 aromatic heterocycles. The fourth-order valence-corrected chi connectivity index (χ4v) is 2.85. The largest absolute Gasteiger partial charge is 0.504 e. The van der Waals surface area contributed by atoms with E-state index in [0.717, 1.165) is 19.4 Å². The zero-order valence-corrected chi connectivity index (χ0v) is 12.0. The first-order valence-electron chi connectivity index (χ1n) is 6.96. The number of ether oxygens (including phenoxy) is 1. The van der Waals surface area contributed by atoms with E-state index in [9.17, 15) is 9.90 Å². The van der Waals surface area contributed by atoms with E-state index in [0.29, 0.717) is 23.8 Å². The summed E-state index contributed by atoms with van der Waals surface area (Å²) in [6.45, 7) is 3.31. The molecule has 1 heterocycles. The van der Waals surface area contributed by atoms with Crippen LogP contribution in [0.4, 0.5) is 0 Å². The van der Waals surface area contributed by atoms with Crippen LogP contribution in [0.15, 0.2) is 18.2 Å². The van der Waals surface area contributed by atoms with Crippen LogP contribution in [0.3, 0.4) is 0 Å². The van der Waals surface area contributed by atoms with Crippen molar-refractivity contribution in [3.05, 3.63) is 23.8 Å². The van der Waals surface area contributed by atoms with Crippen LogP contribution in [0.5, 0.6) is 11.5 Å².